The molecule has 0 aromatic heterocycles. The van der Waals surface area contributed by atoms with Gasteiger partial charge in [0.2, 0.25) is 0 Å². The highest BCUT2D eigenvalue weighted by Gasteiger charge is 2.09. The highest BCUT2D eigenvalue weighted by molar-refractivity contribution is 5.76. The molecule has 0 heterocycles. The van der Waals surface area contributed by atoms with Gasteiger partial charge < -0.3 is 21.7 Å². The first-order valence-electron chi connectivity index (χ1n) is 22.6. The van der Waals surface area contributed by atoms with Crippen molar-refractivity contribution in [3.8, 4) is 11.1 Å². The van der Waals surface area contributed by atoms with Gasteiger partial charge in [0.15, 0.2) is 0 Å². The Kier molecular flexibility index (Phi) is 25.0. The van der Waals surface area contributed by atoms with E-state index in [2.05, 4.69) is 203 Å². The summed E-state index contributed by atoms with van der Waals surface area (Å²) in [5.74, 6) is 0.720. The van der Waals surface area contributed by atoms with E-state index in [1.807, 2.05) is 56.6 Å². The lowest BCUT2D eigenvalue weighted by molar-refractivity contribution is 0.598. The van der Waals surface area contributed by atoms with Gasteiger partial charge in [-0.3, -0.25) is 0 Å². The normalized spacial score (nSPS) is 14.4. The van der Waals surface area contributed by atoms with Gasteiger partial charge in [0, 0.05) is 30.5 Å². The largest absolute Gasteiger partial charge is 0.402 e. The van der Waals surface area contributed by atoms with Crippen LogP contribution in [0.3, 0.4) is 0 Å². The summed E-state index contributed by atoms with van der Waals surface area (Å²) in [6.07, 6.45) is 23.1. The minimum Gasteiger partial charge on any atom is -0.402 e. The van der Waals surface area contributed by atoms with Crippen LogP contribution in [0.5, 0.6) is 0 Å². The van der Waals surface area contributed by atoms with E-state index in [-0.39, 0.29) is 0 Å². The zero-order chi connectivity index (χ0) is 45.5. The fourth-order valence-electron chi connectivity index (χ4n) is 6.73. The average Bonchev–Trinajstić information content (AvgIpc) is 3.50. The van der Waals surface area contributed by atoms with E-state index in [9.17, 15) is 0 Å². The Morgan fingerprint density at radius 3 is 2.03 bits per heavy atom. The van der Waals surface area contributed by atoms with Crippen LogP contribution >= 0.6 is 0 Å². The van der Waals surface area contributed by atoms with Gasteiger partial charge in [-0.1, -0.05) is 203 Å². The third kappa shape index (κ3) is 20.0. The number of allylic oxidation sites excluding steroid dienone is 12. The Morgan fingerprint density at radius 2 is 1.41 bits per heavy atom. The molecule has 0 saturated carbocycles. The molecule has 0 fully saturated rings. The lowest BCUT2D eigenvalue weighted by Gasteiger charge is -2.12. The van der Waals surface area contributed by atoms with Crippen LogP contribution in [0.2, 0.25) is 0 Å². The summed E-state index contributed by atoms with van der Waals surface area (Å²) in [5.41, 5.74) is 19.5. The fraction of sp³-hybridized carbons (Fsp3) is 0.254. The molecule has 0 amide bonds. The quantitative estimate of drug-likeness (QED) is 0.0793. The van der Waals surface area contributed by atoms with Gasteiger partial charge in [0.25, 0.3) is 0 Å². The molecule has 5 aromatic carbocycles. The third-order valence-corrected chi connectivity index (χ3v) is 10.8. The van der Waals surface area contributed by atoms with Crippen molar-refractivity contribution in [2.75, 3.05) is 26.0 Å². The summed E-state index contributed by atoms with van der Waals surface area (Å²) in [7, 11) is 3.92. The minimum atomic E-state index is 0.459. The Morgan fingerprint density at radius 1 is 0.746 bits per heavy atom. The molecule has 0 aliphatic heterocycles. The Labute approximate surface area is 381 Å². The molecular weight excluding hydrogens is 765 g/mol. The van der Waals surface area contributed by atoms with Gasteiger partial charge in [0.05, 0.1) is 0 Å². The number of nitrogens with two attached hydrogens (primary N) is 1. The van der Waals surface area contributed by atoms with Gasteiger partial charge in [-0.25, -0.2) is 0 Å². The number of benzene rings is 5. The molecule has 5 N–H and O–H groups in total. The molecular formula is C59H74N4. The van der Waals surface area contributed by atoms with Crippen molar-refractivity contribution < 1.29 is 0 Å². The molecule has 4 heteroatoms. The van der Waals surface area contributed by atoms with Gasteiger partial charge in [-0.2, -0.15) is 0 Å². The van der Waals surface area contributed by atoms with E-state index in [1.54, 1.807) is 6.08 Å². The predicted octanol–water partition coefficient (Wildman–Crippen LogP) is 14.9. The van der Waals surface area contributed by atoms with E-state index in [4.69, 9.17) is 5.73 Å². The highest BCUT2D eigenvalue weighted by Crippen LogP contribution is 2.27. The van der Waals surface area contributed by atoms with E-state index >= 15 is 0 Å². The van der Waals surface area contributed by atoms with Crippen LogP contribution in [0.25, 0.3) is 22.3 Å². The van der Waals surface area contributed by atoms with Crippen molar-refractivity contribution in [3.05, 3.63) is 234 Å². The first-order chi connectivity index (χ1) is 30.7. The van der Waals surface area contributed by atoms with Crippen molar-refractivity contribution in [2.24, 2.45) is 11.7 Å². The maximum atomic E-state index is 5.73. The van der Waals surface area contributed by atoms with E-state index in [0.29, 0.717) is 6.04 Å². The molecule has 1 aliphatic rings. The first kappa shape index (κ1) is 51.2. The SMILES string of the molecule is C=C/C=C\C=C(/C)c1ccc(-c2cccc(/C(=C/C=C\CC)CNc3ccccc3)c2)cc1.CCC1=CC=C(N)CCC1C.CNC(C)c1ccccc1.CNCc1ccccc1. The fourth-order valence-corrected chi connectivity index (χ4v) is 6.73. The maximum absolute atomic E-state index is 5.73. The smallest absolute Gasteiger partial charge is 0.0406 e. The molecule has 4 nitrogen and oxygen atoms in total. The van der Waals surface area contributed by atoms with Gasteiger partial charge >= 0.3 is 0 Å². The van der Waals surface area contributed by atoms with Crippen molar-refractivity contribution in [1.29, 1.82) is 0 Å². The second kappa shape index (κ2) is 30.8. The van der Waals surface area contributed by atoms with Crippen molar-refractivity contribution in [1.82, 2.24) is 10.6 Å². The summed E-state index contributed by atoms with van der Waals surface area (Å²) < 4.78 is 0. The molecule has 5 aromatic rings. The number of para-hydroxylation sites is 1. The molecule has 0 radical (unpaired) electrons. The van der Waals surface area contributed by atoms with E-state index in [1.165, 1.54) is 56.5 Å². The highest BCUT2D eigenvalue weighted by atomic mass is 14.9. The molecule has 0 spiro atoms. The topological polar surface area (TPSA) is 62.1 Å². The molecule has 6 rings (SSSR count). The second-order valence-corrected chi connectivity index (χ2v) is 15.6. The number of rotatable bonds is 15. The molecule has 0 bridgehead atoms. The molecule has 2 atom stereocenters. The van der Waals surface area contributed by atoms with Crippen LogP contribution in [-0.2, 0) is 6.54 Å². The van der Waals surface area contributed by atoms with Crippen molar-refractivity contribution in [3.63, 3.8) is 0 Å². The van der Waals surface area contributed by atoms with Gasteiger partial charge in [-0.05, 0) is 128 Å². The minimum absolute atomic E-state index is 0.459. The van der Waals surface area contributed by atoms with Crippen LogP contribution in [0.15, 0.2) is 212 Å². The van der Waals surface area contributed by atoms with E-state index < -0.39 is 0 Å². The zero-order valence-corrected chi connectivity index (χ0v) is 39.2. The lowest BCUT2D eigenvalue weighted by Crippen LogP contribution is -2.11. The molecule has 0 saturated heterocycles. The second-order valence-electron chi connectivity index (χ2n) is 15.6. The van der Waals surface area contributed by atoms with Crippen LogP contribution in [0.1, 0.15) is 88.6 Å². The maximum Gasteiger partial charge on any atom is 0.0406 e. The Hall–Kier alpha value is -6.20. The number of anilines is 1. The molecule has 330 valence electrons. The Balaban J connectivity index is 0.000000282. The van der Waals surface area contributed by atoms with E-state index in [0.717, 1.165) is 49.7 Å². The predicted molar refractivity (Wildman–Crippen MR) is 279 cm³/mol. The summed E-state index contributed by atoms with van der Waals surface area (Å²) in [4.78, 5) is 0. The summed E-state index contributed by atoms with van der Waals surface area (Å²) in [6.45, 7) is 16.4. The van der Waals surface area contributed by atoms with Crippen molar-refractivity contribution >= 4 is 16.8 Å². The van der Waals surface area contributed by atoms with Gasteiger partial charge in [-0.15, -0.1) is 0 Å². The Bertz CT molecular complexity index is 2190. The first-order valence-corrected chi connectivity index (χ1v) is 22.6. The van der Waals surface area contributed by atoms with Gasteiger partial charge in [0.1, 0.15) is 0 Å². The van der Waals surface area contributed by atoms with Crippen LogP contribution in [0.4, 0.5) is 5.69 Å². The lowest BCUT2D eigenvalue weighted by atomic mass is 9.95. The number of hydrogen-bond donors (Lipinski definition) is 4. The third-order valence-electron chi connectivity index (χ3n) is 10.8. The summed E-state index contributed by atoms with van der Waals surface area (Å²) in [5, 5.41) is 9.82. The van der Waals surface area contributed by atoms with Crippen LogP contribution < -0.4 is 21.7 Å². The monoisotopic (exact) mass is 839 g/mol. The standard InChI is InChI=1S/C32H33N.C10H17N.C9H13N.C8H11N/c1-4-6-9-14-26(3)27-20-22-28(23-21-27)29-16-13-17-30(24-29)31(15-10-7-5-2)25-33-32-18-11-8-12-19-32;1-3-9-5-7-10(11)6-4-8(9)2;1-8(10-2)9-6-4-3-5-7-9;1-9-7-8-5-3-2-4-6-8/h4,6-24,33H,1,5,25H2,2-3H3;5,7-8H,3-4,6,11H2,1-2H3;3-8,10H,1-2H3;2-6,9H,7H2,1H3/b9-6-,10-7-,26-14+,31-15+;;;. The molecule has 1 aliphatic carbocycles. The molecule has 2 unspecified atom stereocenters. The molecule has 63 heavy (non-hydrogen) atoms. The zero-order valence-electron chi connectivity index (χ0n) is 39.2. The number of hydrogen-bond acceptors (Lipinski definition) is 4. The van der Waals surface area contributed by atoms with Crippen LogP contribution in [-0.4, -0.2) is 20.6 Å². The average molecular weight is 839 g/mol. The summed E-state index contributed by atoms with van der Waals surface area (Å²) in [6, 6.07) is 49.1. The van der Waals surface area contributed by atoms with Crippen LogP contribution in [0, 0.1) is 5.92 Å². The summed E-state index contributed by atoms with van der Waals surface area (Å²) >= 11 is 0. The van der Waals surface area contributed by atoms with Crippen molar-refractivity contribution in [2.45, 2.75) is 72.9 Å². The number of nitrogens with one attached hydrogen (secondary N) is 3.